The Bertz CT molecular complexity index is 866. The van der Waals surface area contributed by atoms with Crippen LogP contribution in [0.2, 0.25) is 0 Å². The van der Waals surface area contributed by atoms with E-state index in [0.717, 1.165) is 29.7 Å². The van der Waals surface area contributed by atoms with Gasteiger partial charge in [0.1, 0.15) is 6.04 Å². The molecule has 9 heteroatoms. The molecule has 1 N–H and O–H groups in total. The summed E-state index contributed by atoms with van der Waals surface area (Å²) < 4.78 is 39.8. The third-order valence-corrected chi connectivity index (χ3v) is 7.64. The molecule has 0 bridgehead atoms. The van der Waals surface area contributed by atoms with Crippen molar-refractivity contribution < 1.29 is 27.9 Å². The molecule has 2 amide bonds. The molecule has 3 fully saturated rings. The second-order valence-electron chi connectivity index (χ2n) is 9.60. The normalized spacial score (nSPS) is 31.2. The molecule has 0 radical (unpaired) electrons. The van der Waals surface area contributed by atoms with Crippen molar-refractivity contribution in [3.8, 4) is 0 Å². The van der Waals surface area contributed by atoms with E-state index < -0.39 is 24.4 Å². The van der Waals surface area contributed by atoms with Crippen LogP contribution in [0.3, 0.4) is 0 Å². The molecule has 1 aromatic rings. The molecule has 0 aromatic heterocycles. The molecule has 1 aromatic carbocycles. The summed E-state index contributed by atoms with van der Waals surface area (Å²) in [5, 5.41) is 11.7. The molecule has 33 heavy (non-hydrogen) atoms. The molecule has 3 aliphatic rings. The van der Waals surface area contributed by atoms with Crippen LogP contribution in [0, 0.1) is 5.92 Å². The van der Waals surface area contributed by atoms with E-state index in [1.165, 1.54) is 11.8 Å². The fourth-order valence-electron chi connectivity index (χ4n) is 5.99. The summed E-state index contributed by atoms with van der Waals surface area (Å²) in [5.41, 5.74) is -0.236. The fourth-order valence-corrected chi connectivity index (χ4v) is 5.99. The van der Waals surface area contributed by atoms with Crippen LogP contribution in [-0.2, 0) is 15.2 Å². The van der Waals surface area contributed by atoms with Gasteiger partial charge in [-0.25, -0.2) is 0 Å². The van der Waals surface area contributed by atoms with Crippen LogP contribution in [-0.4, -0.2) is 82.6 Å². The summed E-state index contributed by atoms with van der Waals surface area (Å²) in [6, 6.07) is 8.20. The lowest BCUT2D eigenvalue weighted by atomic mass is 9.66. The molecule has 2 aliphatic heterocycles. The Labute approximate surface area is 192 Å². The lowest BCUT2D eigenvalue weighted by Crippen LogP contribution is -2.66. The molecule has 1 saturated carbocycles. The van der Waals surface area contributed by atoms with Crippen LogP contribution in [0.25, 0.3) is 0 Å². The topological polar surface area (TPSA) is 64.1 Å². The van der Waals surface area contributed by atoms with Gasteiger partial charge in [0.15, 0.2) is 0 Å². The fraction of sp³-hybridized carbons (Fsp3) is 0.667. The second kappa shape index (κ2) is 9.25. The Morgan fingerprint density at radius 1 is 1.09 bits per heavy atom. The Balaban J connectivity index is 1.60. The van der Waals surface area contributed by atoms with Crippen molar-refractivity contribution in [1.29, 1.82) is 0 Å². The van der Waals surface area contributed by atoms with Gasteiger partial charge in [-0.1, -0.05) is 43.2 Å². The number of halogens is 3. The number of piperazine rings is 1. The first-order chi connectivity index (χ1) is 15.6. The number of hydrogen-bond acceptors (Lipinski definition) is 4. The summed E-state index contributed by atoms with van der Waals surface area (Å²) in [5.74, 6) is -0.778. The highest BCUT2D eigenvalue weighted by Gasteiger charge is 2.52. The first-order valence-electron chi connectivity index (χ1n) is 11.7. The van der Waals surface area contributed by atoms with Crippen LogP contribution in [0.5, 0.6) is 0 Å². The van der Waals surface area contributed by atoms with E-state index in [1.807, 2.05) is 30.3 Å². The predicted molar refractivity (Wildman–Crippen MR) is 116 cm³/mol. The van der Waals surface area contributed by atoms with Crippen LogP contribution in [0.15, 0.2) is 30.3 Å². The lowest BCUT2D eigenvalue weighted by molar-refractivity contribution is -0.174. The van der Waals surface area contributed by atoms with Gasteiger partial charge in [-0.2, -0.15) is 13.2 Å². The average molecular weight is 468 g/mol. The molecule has 2 heterocycles. The number of nitrogens with zero attached hydrogens (tertiary/aromatic N) is 3. The molecule has 6 nitrogen and oxygen atoms in total. The van der Waals surface area contributed by atoms with Crippen LogP contribution < -0.4 is 0 Å². The van der Waals surface area contributed by atoms with Gasteiger partial charge < -0.3 is 14.9 Å². The maximum Gasteiger partial charge on any atom is 0.401 e. The number of piperidine rings is 1. The van der Waals surface area contributed by atoms with Gasteiger partial charge in [-0.05, 0) is 24.8 Å². The van der Waals surface area contributed by atoms with Crippen molar-refractivity contribution in [3.63, 3.8) is 0 Å². The second-order valence-corrected chi connectivity index (χ2v) is 9.60. The number of alkyl halides is 3. The molecular weight excluding hydrogens is 435 g/mol. The number of benzene rings is 1. The summed E-state index contributed by atoms with van der Waals surface area (Å²) in [7, 11) is 0. The quantitative estimate of drug-likeness (QED) is 0.743. The monoisotopic (exact) mass is 467 g/mol. The van der Waals surface area contributed by atoms with Gasteiger partial charge in [-0.15, -0.1) is 0 Å². The molecule has 0 spiro atoms. The highest BCUT2D eigenvalue weighted by molar-refractivity contribution is 5.84. The van der Waals surface area contributed by atoms with E-state index in [4.69, 9.17) is 0 Å². The minimum Gasteiger partial charge on any atom is -0.385 e. The highest BCUT2D eigenvalue weighted by atomic mass is 19.4. The first kappa shape index (κ1) is 24.0. The average Bonchev–Trinajstić information content (AvgIpc) is 2.79. The van der Waals surface area contributed by atoms with Crippen LogP contribution in [0.4, 0.5) is 13.2 Å². The molecule has 182 valence electrons. The molecule has 4 rings (SSSR count). The van der Waals surface area contributed by atoms with Crippen molar-refractivity contribution in [2.45, 2.75) is 62.9 Å². The maximum absolute atomic E-state index is 13.7. The molecule has 4 atom stereocenters. The summed E-state index contributed by atoms with van der Waals surface area (Å²) in [6.07, 6.45) is -0.761. The molecule has 1 aliphatic carbocycles. The minimum atomic E-state index is -4.43. The number of likely N-dealkylation sites (tertiary alicyclic amines) is 1. The number of rotatable bonds is 3. The number of carbonyl (C=O) groups is 2. The minimum absolute atomic E-state index is 0.00534. The van der Waals surface area contributed by atoms with E-state index >= 15 is 0 Å². The van der Waals surface area contributed by atoms with Gasteiger partial charge in [0.25, 0.3) is 0 Å². The SMILES string of the molecule is CC(=O)N1CCN(CC(F)(F)F)C(C(=O)N2CC[C@@](O)(c3ccccc3)[C@@H]3CCCCC32)C1. The van der Waals surface area contributed by atoms with Crippen molar-refractivity contribution in [2.24, 2.45) is 5.92 Å². The summed E-state index contributed by atoms with van der Waals surface area (Å²) in [6.45, 7) is 0.618. The van der Waals surface area contributed by atoms with Crippen LogP contribution >= 0.6 is 0 Å². The van der Waals surface area contributed by atoms with E-state index in [9.17, 15) is 27.9 Å². The Morgan fingerprint density at radius 2 is 1.79 bits per heavy atom. The smallest absolute Gasteiger partial charge is 0.385 e. The van der Waals surface area contributed by atoms with Gasteiger partial charge in [0.2, 0.25) is 11.8 Å². The van der Waals surface area contributed by atoms with Gasteiger partial charge in [0, 0.05) is 45.1 Å². The molecule has 2 unspecified atom stereocenters. The third-order valence-electron chi connectivity index (χ3n) is 7.64. The van der Waals surface area contributed by atoms with Crippen molar-refractivity contribution in [1.82, 2.24) is 14.7 Å². The number of aliphatic hydroxyl groups is 1. The Kier molecular flexibility index (Phi) is 6.73. The summed E-state index contributed by atoms with van der Waals surface area (Å²) in [4.78, 5) is 30.0. The zero-order valence-electron chi connectivity index (χ0n) is 18.9. The zero-order valence-corrected chi connectivity index (χ0v) is 18.9. The van der Waals surface area contributed by atoms with Crippen molar-refractivity contribution in [3.05, 3.63) is 35.9 Å². The van der Waals surface area contributed by atoms with E-state index in [2.05, 4.69) is 0 Å². The Morgan fingerprint density at radius 3 is 2.45 bits per heavy atom. The van der Waals surface area contributed by atoms with Gasteiger partial charge >= 0.3 is 6.18 Å². The highest BCUT2D eigenvalue weighted by Crippen LogP contribution is 2.47. The van der Waals surface area contributed by atoms with E-state index in [1.54, 1.807) is 4.90 Å². The molecule has 2 saturated heterocycles. The first-order valence-corrected chi connectivity index (χ1v) is 11.7. The Hall–Kier alpha value is -2.13. The van der Waals surface area contributed by atoms with Crippen molar-refractivity contribution >= 4 is 11.8 Å². The van der Waals surface area contributed by atoms with Crippen LogP contribution in [0.1, 0.15) is 44.6 Å². The van der Waals surface area contributed by atoms with Crippen molar-refractivity contribution in [2.75, 3.05) is 32.7 Å². The molecular formula is C24H32F3N3O3. The zero-order chi connectivity index (χ0) is 23.8. The maximum atomic E-state index is 13.7. The number of amides is 2. The van der Waals surface area contributed by atoms with Gasteiger partial charge in [-0.3, -0.25) is 14.5 Å². The third kappa shape index (κ3) is 4.89. The van der Waals surface area contributed by atoms with E-state index in [0.29, 0.717) is 12.8 Å². The number of carbonyl (C=O) groups excluding carboxylic acids is 2. The summed E-state index contributed by atoms with van der Waals surface area (Å²) >= 11 is 0. The predicted octanol–water partition coefficient (Wildman–Crippen LogP) is 2.76. The number of fused-ring (bicyclic) bond motifs is 1. The lowest BCUT2D eigenvalue weighted by Gasteiger charge is -2.54. The number of hydrogen-bond donors (Lipinski definition) is 1. The largest absolute Gasteiger partial charge is 0.401 e. The van der Waals surface area contributed by atoms with E-state index in [-0.39, 0.29) is 50.0 Å². The standard InChI is InChI=1S/C24H32F3N3O3/c1-17(31)28-13-14-29(16-24(25,26)27)21(15-28)22(32)30-12-11-23(33,18-7-3-2-4-8-18)19-9-5-6-10-20(19)30/h2-4,7-8,19-21,33H,5-6,9-16H2,1H3/t19-,20?,21?,23-/m1/s1. The van der Waals surface area contributed by atoms with Gasteiger partial charge in [0.05, 0.1) is 12.1 Å².